The summed E-state index contributed by atoms with van der Waals surface area (Å²) in [5.74, 6) is 2.25. The number of hydrogen-bond donors (Lipinski definition) is 2. The smallest absolute Gasteiger partial charge is 0.225 e. The van der Waals surface area contributed by atoms with Crippen LogP contribution in [0.3, 0.4) is 0 Å². The highest BCUT2D eigenvalue weighted by molar-refractivity contribution is 5.81. The molecule has 3 rings (SSSR count). The summed E-state index contributed by atoms with van der Waals surface area (Å²) in [6.45, 7) is 6.38. The number of nitrogens with zero attached hydrogens (tertiary/aromatic N) is 2. The Kier molecular flexibility index (Phi) is 7.78. The summed E-state index contributed by atoms with van der Waals surface area (Å²) in [4.78, 5) is 19.1. The molecular formula is C23H36N4O2. The van der Waals surface area contributed by atoms with Crippen molar-refractivity contribution in [1.29, 1.82) is 0 Å². The first-order valence-electron chi connectivity index (χ1n) is 11.0. The highest BCUT2D eigenvalue weighted by Gasteiger charge is 2.31. The zero-order valence-corrected chi connectivity index (χ0v) is 18.1. The Labute approximate surface area is 175 Å². The molecule has 0 radical (unpaired) electrons. The topological polar surface area (TPSA) is 66.0 Å². The normalized spacial score (nSPS) is 21.7. The van der Waals surface area contributed by atoms with Crippen LogP contribution >= 0.6 is 0 Å². The van der Waals surface area contributed by atoms with Crippen LogP contribution in [0, 0.1) is 12.8 Å². The predicted molar refractivity (Wildman–Crippen MR) is 117 cm³/mol. The standard InChI is InChI=1S/C23H36N4O2/c1-17-9-11-21(12-10-17)29-18(2)15-25-23(24-3)26-20-13-14-27(16-20)22(28)19-7-5-4-6-8-19/h9-12,18-20H,4-8,13-16H2,1-3H3,(H2,24,25,26). The van der Waals surface area contributed by atoms with E-state index in [2.05, 4.69) is 34.7 Å². The number of ether oxygens (including phenoxy) is 1. The van der Waals surface area contributed by atoms with E-state index in [-0.39, 0.29) is 18.1 Å². The summed E-state index contributed by atoms with van der Waals surface area (Å²) in [5, 5.41) is 6.82. The largest absolute Gasteiger partial charge is 0.489 e. The van der Waals surface area contributed by atoms with E-state index in [4.69, 9.17) is 4.74 Å². The highest BCUT2D eigenvalue weighted by Crippen LogP contribution is 2.26. The molecule has 2 aliphatic rings. The quantitative estimate of drug-likeness (QED) is 0.569. The van der Waals surface area contributed by atoms with E-state index in [1.807, 2.05) is 24.0 Å². The number of benzene rings is 1. The van der Waals surface area contributed by atoms with Crippen molar-refractivity contribution < 1.29 is 9.53 Å². The third-order valence-corrected chi connectivity index (χ3v) is 5.93. The van der Waals surface area contributed by atoms with Gasteiger partial charge in [-0.2, -0.15) is 0 Å². The predicted octanol–water partition coefficient (Wildman–Crippen LogP) is 3.11. The van der Waals surface area contributed by atoms with Gasteiger partial charge in [-0.3, -0.25) is 9.79 Å². The van der Waals surface area contributed by atoms with Crippen molar-refractivity contribution in [3.8, 4) is 5.75 Å². The van der Waals surface area contributed by atoms with Crippen molar-refractivity contribution in [3.63, 3.8) is 0 Å². The molecule has 2 atom stereocenters. The number of rotatable bonds is 6. The molecule has 29 heavy (non-hydrogen) atoms. The molecule has 1 amide bonds. The Morgan fingerprint density at radius 1 is 1.21 bits per heavy atom. The molecule has 1 heterocycles. The first kappa shape index (κ1) is 21.5. The van der Waals surface area contributed by atoms with Gasteiger partial charge in [0.2, 0.25) is 5.91 Å². The summed E-state index contributed by atoms with van der Waals surface area (Å²) in [6, 6.07) is 8.35. The number of hydrogen-bond acceptors (Lipinski definition) is 3. The molecule has 1 saturated carbocycles. The minimum absolute atomic E-state index is 0.0178. The molecule has 0 bridgehead atoms. The number of carbonyl (C=O) groups is 1. The molecule has 6 heteroatoms. The van der Waals surface area contributed by atoms with E-state index in [1.165, 1.54) is 24.8 Å². The second kappa shape index (κ2) is 10.5. The van der Waals surface area contributed by atoms with E-state index in [1.54, 1.807) is 7.05 Å². The van der Waals surface area contributed by atoms with E-state index in [0.717, 1.165) is 44.1 Å². The molecule has 2 N–H and O–H groups in total. The minimum Gasteiger partial charge on any atom is -0.489 e. The van der Waals surface area contributed by atoms with Crippen LogP contribution in [-0.4, -0.2) is 55.6 Å². The van der Waals surface area contributed by atoms with Gasteiger partial charge in [0.1, 0.15) is 11.9 Å². The average molecular weight is 401 g/mol. The van der Waals surface area contributed by atoms with Crippen LogP contribution in [0.25, 0.3) is 0 Å². The molecule has 2 unspecified atom stereocenters. The Morgan fingerprint density at radius 2 is 1.93 bits per heavy atom. The Bertz CT molecular complexity index is 683. The number of guanidine groups is 1. The number of amides is 1. The van der Waals surface area contributed by atoms with Gasteiger partial charge in [0.25, 0.3) is 0 Å². The lowest BCUT2D eigenvalue weighted by Crippen LogP contribution is -2.47. The molecule has 1 aliphatic carbocycles. The van der Waals surface area contributed by atoms with Gasteiger partial charge in [-0.15, -0.1) is 0 Å². The summed E-state index contributed by atoms with van der Waals surface area (Å²) in [5.41, 5.74) is 1.22. The fraction of sp³-hybridized carbons (Fsp3) is 0.652. The van der Waals surface area contributed by atoms with Gasteiger partial charge in [-0.05, 0) is 45.2 Å². The molecule has 1 aliphatic heterocycles. The Hall–Kier alpha value is -2.24. The molecule has 160 valence electrons. The van der Waals surface area contributed by atoms with Crippen molar-refractivity contribution in [2.75, 3.05) is 26.7 Å². The van der Waals surface area contributed by atoms with Crippen LogP contribution in [0.4, 0.5) is 0 Å². The molecular weight excluding hydrogens is 364 g/mol. The van der Waals surface area contributed by atoms with E-state index in [9.17, 15) is 4.79 Å². The number of carbonyl (C=O) groups excluding carboxylic acids is 1. The molecule has 0 aromatic heterocycles. The van der Waals surface area contributed by atoms with Crippen LogP contribution in [0.1, 0.15) is 51.0 Å². The second-order valence-corrected chi connectivity index (χ2v) is 8.44. The first-order chi connectivity index (χ1) is 14.0. The second-order valence-electron chi connectivity index (χ2n) is 8.44. The van der Waals surface area contributed by atoms with Crippen molar-refractivity contribution >= 4 is 11.9 Å². The number of aliphatic imine (C=N–C) groups is 1. The number of aryl methyl sites for hydroxylation is 1. The van der Waals surface area contributed by atoms with Crippen LogP contribution < -0.4 is 15.4 Å². The number of likely N-dealkylation sites (tertiary alicyclic amines) is 1. The summed E-state index contributed by atoms with van der Waals surface area (Å²) in [7, 11) is 1.78. The lowest BCUT2D eigenvalue weighted by atomic mass is 9.88. The van der Waals surface area contributed by atoms with E-state index in [0.29, 0.717) is 12.5 Å². The van der Waals surface area contributed by atoms with Crippen LogP contribution in [0.5, 0.6) is 5.75 Å². The van der Waals surface area contributed by atoms with Gasteiger partial charge in [0.15, 0.2) is 5.96 Å². The van der Waals surface area contributed by atoms with Crippen LogP contribution in [0.15, 0.2) is 29.3 Å². The maximum Gasteiger partial charge on any atom is 0.225 e. The fourth-order valence-electron chi connectivity index (χ4n) is 4.21. The lowest BCUT2D eigenvalue weighted by Gasteiger charge is -2.26. The molecule has 1 aromatic rings. The van der Waals surface area contributed by atoms with Gasteiger partial charge < -0.3 is 20.3 Å². The molecule has 1 aromatic carbocycles. The van der Waals surface area contributed by atoms with Crippen molar-refractivity contribution in [1.82, 2.24) is 15.5 Å². The third kappa shape index (κ3) is 6.38. The monoisotopic (exact) mass is 400 g/mol. The Morgan fingerprint density at radius 3 is 2.62 bits per heavy atom. The zero-order chi connectivity index (χ0) is 20.6. The summed E-state index contributed by atoms with van der Waals surface area (Å²) in [6.07, 6.45) is 6.79. The highest BCUT2D eigenvalue weighted by atomic mass is 16.5. The third-order valence-electron chi connectivity index (χ3n) is 5.93. The first-order valence-corrected chi connectivity index (χ1v) is 11.0. The van der Waals surface area contributed by atoms with E-state index >= 15 is 0 Å². The lowest BCUT2D eigenvalue weighted by molar-refractivity contribution is -0.135. The zero-order valence-electron chi connectivity index (χ0n) is 18.1. The minimum atomic E-state index is 0.0178. The molecule has 0 spiro atoms. The van der Waals surface area contributed by atoms with Gasteiger partial charge in [-0.1, -0.05) is 37.0 Å². The van der Waals surface area contributed by atoms with Crippen molar-refractivity contribution in [2.45, 2.75) is 64.5 Å². The number of nitrogens with one attached hydrogen (secondary N) is 2. The average Bonchev–Trinajstić information content (AvgIpc) is 3.21. The molecule has 6 nitrogen and oxygen atoms in total. The summed E-state index contributed by atoms with van der Waals surface area (Å²) < 4.78 is 5.95. The summed E-state index contributed by atoms with van der Waals surface area (Å²) >= 11 is 0. The maximum atomic E-state index is 12.7. The van der Waals surface area contributed by atoms with Gasteiger partial charge in [-0.25, -0.2) is 0 Å². The van der Waals surface area contributed by atoms with Crippen molar-refractivity contribution in [2.24, 2.45) is 10.9 Å². The van der Waals surface area contributed by atoms with Crippen molar-refractivity contribution in [3.05, 3.63) is 29.8 Å². The Balaban J connectivity index is 1.40. The van der Waals surface area contributed by atoms with Gasteiger partial charge in [0, 0.05) is 32.1 Å². The molecule has 1 saturated heterocycles. The van der Waals surface area contributed by atoms with Crippen LogP contribution in [-0.2, 0) is 4.79 Å². The van der Waals surface area contributed by atoms with Gasteiger partial charge in [0.05, 0.1) is 6.54 Å². The molecule has 2 fully saturated rings. The van der Waals surface area contributed by atoms with Crippen LogP contribution in [0.2, 0.25) is 0 Å². The SMILES string of the molecule is CN=C(NCC(C)Oc1ccc(C)cc1)NC1CCN(C(=O)C2CCCCC2)C1. The maximum absolute atomic E-state index is 12.7. The fourth-order valence-corrected chi connectivity index (χ4v) is 4.21. The van der Waals surface area contributed by atoms with Gasteiger partial charge >= 0.3 is 0 Å². The van der Waals surface area contributed by atoms with E-state index < -0.39 is 0 Å².